The number of benzene rings is 1. The van der Waals surface area contributed by atoms with Crippen LogP contribution in [0.3, 0.4) is 0 Å². The van der Waals surface area contributed by atoms with Crippen molar-refractivity contribution in [2.45, 2.75) is 18.7 Å². The number of carbonyl (C=O) groups is 1. The number of ether oxygens (including phenoxy) is 2. The van der Waals surface area contributed by atoms with Gasteiger partial charge in [-0.15, -0.1) is 0 Å². The van der Waals surface area contributed by atoms with Gasteiger partial charge in [-0.05, 0) is 32.0 Å². The van der Waals surface area contributed by atoms with E-state index >= 15 is 0 Å². The van der Waals surface area contributed by atoms with Crippen molar-refractivity contribution >= 4 is 21.8 Å². The van der Waals surface area contributed by atoms with Crippen LogP contribution in [0.5, 0.6) is 5.75 Å². The zero-order valence-electron chi connectivity index (χ0n) is 12.5. The topological polar surface area (TPSA) is 84.9 Å². The maximum Gasteiger partial charge on any atom is 0.411 e. The summed E-state index contributed by atoms with van der Waals surface area (Å²) in [6.45, 7) is 4.00. The minimum atomic E-state index is -3.68. The minimum absolute atomic E-state index is 0.0105. The maximum atomic E-state index is 12.3. The molecule has 7 nitrogen and oxygen atoms in total. The Morgan fingerprint density at radius 3 is 2.43 bits per heavy atom. The molecule has 1 aromatic carbocycles. The molecular weight excluding hydrogens is 296 g/mol. The summed E-state index contributed by atoms with van der Waals surface area (Å²) in [7, 11) is -0.830. The molecule has 0 heterocycles. The van der Waals surface area contributed by atoms with E-state index in [-0.39, 0.29) is 17.3 Å². The molecule has 1 rings (SSSR count). The predicted octanol–water partition coefficient (Wildman–Crippen LogP) is 1.90. The first-order valence-electron chi connectivity index (χ1n) is 6.46. The zero-order chi connectivity index (χ0) is 16.0. The summed E-state index contributed by atoms with van der Waals surface area (Å²) >= 11 is 0. The van der Waals surface area contributed by atoms with Crippen LogP contribution in [0, 0.1) is 0 Å². The van der Waals surface area contributed by atoms with E-state index in [0.717, 1.165) is 4.31 Å². The molecule has 0 unspecified atom stereocenters. The van der Waals surface area contributed by atoms with E-state index < -0.39 is 16.1 Å². The molecule has 0 fully saturated rings. The van der Waals surface area contributed by atoms with E-state index in [2.05, 4.69) is 5.32 Å². The monoisotopic (exact) mass is 316 g/mol. The van der Waals surface area contributed by atoms with E-state index in [0.29, 0.717) is 12.3 Å². The van der Waals surface area contributed by atoms with Gasteiger partial charge in [0.15, 0.2) is 0 Å². The van der Waals surface area contributed by atoms with Crippen molar-refractivity contribution in [3.05, 3.63) is 18.2 Å². The van der Waals surface area contributed by atoms with Gasteiger partial charge in [0.25, 0.3) is 0 Å². The molecule has 0 aliphatic carbocycles. The van der Waals surface area contributed by atoms with Crippen LogP contribution in [0.15, 0.2) is 23.1 Å². The van der Waals surface area contributed by atoms with Crippen molar-refractivity contribution in [2.24, 2.45) is 0 Å². The first-order chi connectivity index (χ1) is 9.82. The SMILES string of the molecule is CCOC(=O)Nc1ccc(OCC)c(S(=O)(=O)N(C)C)c1. The number of nitrogens with zero attached hydrogens (tertiary/aromatic N) is 1. The molecule has 0 radical (unpaired) electrons. The van der Waals surface area contributed by atoms with Crippen LogP contribution >= 0.6 is 0 Å². The Morgan fingerprint density at radius 1 is 1.24 bits per heavy atom. The Kier molecular flexibility index (Phi) is 5.98. The van der Waals surface area contributed by atoms with E-state index in [1.807, 2.05) is 0 Å². The Bertz CT molecular complexity index is 599. The molecule has 0 saturated carbocycles. The quantitative estimate of drug-likeness (QED) is 0.866. The van der Waals surface area contributed by atoms with Gasteiger partial charge in [0.2, 0.25) is 10.0 Å². The van der Waals surface area contributed by atoms with Gasteiger partial charge in [0.1, 0.15) is 10.6 Å². The van der Waals surface area contributed by atoms with Crippen LogP contribution in [-0.4, -0.2) is 46.1 Å². The highest BCUT2D eigenvalue weighted by molar-refractivity contribution is 7.89. The number of sulfonamides is 1. The molecule has 1 amide bonds. The predicted molar refractivity (Wildman–Crippen MR) is 79.1 cm³/mol. The fourth-order valence-corrected chi connectivity index (χ4v) is 2.59. The number of anilines is 1. The van der Waals surface area contributed by atoms with Crippen LogP contribution in [0.1, 0.15) is 13.8 Å². The van der Waals surface area contributed by atoms with Gasteiger partial charge in [-0.1, -0.05) is 0 Å². The van der Waals surface area contributed by atoms with Gasteiger partial charge in [-0.3, -0.25) is 5.32 Å². The summed E-state index contributed by atoms with van der Waals surface area (Å²) < 4.78 is 35.8. The number of nitrogens with one attached hydrogen (secondary N) is 1. The van der Waals surface area contributed by atoms with E-state index in [4.69, 9.17) is 9.47 Å². The van der Waals surface area contributed by atoms with E-state index in [1.54, 1.807) is 19.9 Å². The number of carbonyl (C=O) groups excluding carboxylic acids is 1. The van der Waals surface area contributed by atoms with Crippen LogP contribution in [0.4, 0.5) is 10.5 Å². The lowest BCUT2D eigenvalue weighted by molar-refractivity contribution is 0.168. The molecule has 1 aromatic rings. The van der Waals surface area contributed by atoms with Crippen LogP contribution in [0.25, 0.3) is 0 Å². The number of hydrogen-bond acceptors (Lipinski definition) is 5. The van der Waals surface area contributed by atoms with Crippen molar-refractivity contribution in [2.75, 3.05) is 32.6 Å². The molecule has 0 aliphatic heterocycles. The second-order valence-electron chi connectivity index (χ2n) is 4.23. The molecule has 0 bridgehead atoms. The highest BCUT2D eigenvalue weighted by atomic mass is 32.2. The molecule has 0 aliphatic rings. The Balaban J connectivity index is 3.21. The van der Waals surface area contributed by atoms with Crippen molar-refractivity contribution in [1.29, 1.82) is 0 Å². The molecule has 8 heteroatoms. The third kappa shape index (κ3) is 4.33. The lowest BCUT2D eigenvalue weighted by Gasteiger charge is -2.16. The Morgan fingerprint density at radius 2 is 1.90 bits per heavy atom. The second kappa shape index (κ2) is 7.28. The summed E-state index contributed by atoms with van der Waals surface area (Å²) in [6, 6.07) is 4.40. The Labute approximate surface area is 124 Å². The summed E-state index contributed by atoms with van der Waals surface area (Å²) in [5, 5.41) is 2.46. The molecule has 1 N–H and O–H groups in total. The normalized spacial score (nSPS) is 11.3. The third-order valence-corrected chi connectivity index (χ3v) is 4.36. The van der Waals surface area contributed by atoms with Crippen molar-refractivity contribution in [3.63, 3.8) is 0 Å². The van der Waals surface area contributed by atoms with Crippen LogP contribution in [-0.2, 0) is 14.8 Å². The standard InChI is InChI=1S/C13H20N2O5S/c1-5-19-11-8-7-10(14-13(16)20-6-2)9-12(11)21(17,18)15(3)4/h7-9H,5-6H2,1-4H3,(H,14,16). The fraction of sp³-hybridized carbons (Fsp3) is 0.462. The maximum absolute atomic E-state index is 12.3. The largest absolute Gasteiger partial charge is 0.492 e. The van der Waals surface area contributed by atoms with Crippen molar-refractivity contribution in [1.82, 2.24) is 4.31 Å². The molecule has 0 saturated heterocycles. The first-order valence-corrected chi connectivity index (χ1v) is 7.90. The average Bonchev–Trinajstić information content (AvgIpc) is 2.40. The molecule has 21 heavy (non-hydrogen) atoms. The van der Waals surface area contributed by atoms with Gasteiger partial charge in [0, 0.05) is 19.8 Å². The van der Waals surface area contributed by atoms with Gasteiger partial charge >= 0.3 is 6.09 Å². The summed E-state index contributed by atoms with van der Waals surface area (Å²) in [5.74, 6) is 0.237. The number of rotatable bonds is 6. The molecular formula is C13H20N2O5S. The highest BCUT2D eigenvalue weighted by Crippen LogP contribution is 2.29. The molecule has 0 aromatic heterocycles. The van der Waals surface area contributed by atoms with Gasteiger partial charge in [-0.2, -0.15) is 0 Å². The van der Waals surface area contributed by atoms with Crippen molar-refractivity contribution < 1.29 is 22.7 Å². The second-order valence-corrected chi connectivity index (χ2v) is 6.35. The summed E-state index contributed by atoms with van der Waals surface area (Å²) in [6.07, 6.45) is -0.644. The highest BCUT2D eigenvalue weighted by Gasteiger charge is 2.23. The third-order valence-electron chi connectivity index (χ3n) is 2.52. The molecule has 0 atom stereocenters. The molecule has 0 spiro atoms. The summed E-state index contributed by atoms with van der Waals surface area (Å²) in [5.41, 5.74) is 0.317. The summed E-state index contributed by atoms with van der Waals surface area (Å²) in [4.78, 5) is 11.4. The van der Waals surface area contributed by atoms with Crippen LogP contribution in [0.2, 0.25) is 0 Å². The smallest absolute Gasteiger partial charge is 0.411 e. The lowest BCUT2D eigenvalue weighted by Crippen LogP contribution is -2.23. The number of amides is 1. The Hall–Kier alpha value is -1.80. The van der Waals surface area contributed by atoms with Gasteiger partial charge in [-0.25, -0.2) is 17.5 Å². The first kappa shape index (κ1) is 17.3. The zero-order valence-corrected chi connectivity index (χ0v) is 13.4. The minimum Gasteiger partial charge on any atom is -0.492 e. The van der Waals surface area contributed by atoms with Gasteiger partial charge < -0.3 is 9.47 Å². The lowest BCUT2D eigenvalue weighted by atomic mass is 10.3. The van der Waals surface area contributed by atoms with Crippen LogP contribution < -0.4 is 10.1 Å². The fourth-order valence-electron chi connectivity index (χ4n) is 1.54. The van der Waals surface area contributed by atoms with E-state index in [9.17, 15) is 13.2 Å². The van der Waals surface area contributed by atoms with Gasteiger partial charge in [0.05, 0.1) is 13.2 Å². The van der Waals surface area contributed by atoms with E-state index in [1.165, 1.54) is 26.2 Å². The van der Waals surface area contributed by atoms with Crippen molar-refractivity contribution in [3.8, 4) is 5.75 Å². The number of hydrogen-bond donors (Lipinski definition) is 1. The average molecular weight is 316 g/mol. The molecule has 118 valence electrons.